The minimum Gasteiger partial charge on any atom is -0.466 e. The van der Waals surface area contributed by atoms with E-state index >= 15 is 0 Å². The predicted octanol–water partition coefficient (Wildman–Crippen LogP) is 2.24. The van der Waals surface area contributed by atoms with Crippen LogP contribution < -0.4 is 5.73 Å². The van der Waals surface area contributed by atoms with Crippen LogP contribution in [-0.4, -0.2) is 12.6 Å². The molecule has 4 heteroatoms. The van der Waals surface area contributed by atoms with Gasteiger partial charge in [-0.2, -0.15) is 0 Å². The third-order valence-electron chi connectivity index (χ3n) is 1.97. The summed E-state index contributed by atoms with van der Waals surface area (Å²) in [5.41, 5.74) is 6.86. The van der Waals surface area contributed by atoms with Gasteiger partial charge in [0.15, 0.2) is 0 Å². The van der Waals surface area contributed by atoms with Gasteiger partial charge in [-0.3, -0.25) is 4.79 Å². The fraction of sp³-hybridized carbons (Fsp3) is 0.364. The van der Waals surface area contributed by atoms with E-state index in [9.17, 15) is 4.79 Å². The van der Waals surface area contributed by atoms with Crippen LogP contribution in [-0.2, 0) is 9.53 Å². The van der Waals surface area contributed by atoms with Crippen molar-refractivity contribution in [2.24, 2.45) is 5.73 Å². The first-order valence-corrected chi connectivity index (χ1v) is 5.88. The summed E-state index contributed by atoms with van der Waals surface area (Å²) in [5.74, 6) is -0.246. The lowest BCUT2D eigenvalue weighted by Crippen LogP contribution is -2.17. The van der Waals surface area contributed by atoms with E-state index < -0.39 is 0 Å². The van der Waals surface area contributed by atoms with Crippen LogP contribution in [0.2, 0.25) is 0 Å². The first-order valence-electron chi connectivity index (χ1n) is 4.80. The zero-order valence-corrected chi connectivity index (χ0v) is 10.7. The summed E-state index contributed by atoms with van der Waals surface area (Å²) in [6.45, 7) is 2.19. The molecule has 0 amide bonds. The van der Waals surface area contributed by atoms with Crippen molar-refractivity contribution < 1.29 is 9.53 Å². The summed E-state index contributed by atoms with van der Waals surface area (Å²) >= 11 is 2.22. The Labute approximate surface area is 103 Å². The van der Waals surface area contributed by atoms with Gasteiger partial charge in [-0.05, 0) is 47.2 Å². The molecule has 1 atom stereocenters. The molecule has 0 aliphatic heterocycles. The second-order valence-corrected chi connectivity index (χ2v) is 4.42. The topological polar surface area (TPSA) is 52.3 Å². The molecule has 0 fully saturated rings. The number of carbonyl (C=O) groups excluding carboxylic acids is 1. The number of rotatable bonds is 4. The number of ether oxygens (including phenoxy) is 1. The van der Waals surface area contributed by atoms with Crippen LogP contribution in [0.4, 0.5) is 0 Å². The molecule has 0 bridgehead atoms. The van der Waals surface area contributed by atoms with Crippen LogP contribution >= 0.6 is 22.6 Å². The first-order chi connectivity index (χ1) is 7.13. The van der Waals surface area contributed by atoms with E-state index in [1.165, 1.54) is 0 Å². The molecule has 0 aliphatic rings. The molecular weight excluding hydrogens is 305 g/mol. The van der Waals surface area contributed by atoms with Crippen molar-refractivity contribution in [3.8, 4) is 0 Å². The van der Waals surface area contributed by atoms with Crippen LogP contribution in [0.15, 0.2) is 24.3 Å². The molecule has 0 radical (unpaired) electrons. The normalized spacial score (nSPS) is 12.2. The van der Waals surface area contributed by atoms with Crippen LogP contribution in [0, 0.1) is 3.57 Å². The Morgan fingerprint density at radius 3 is 2.93 bits per heavy atom. The maximum Gasteiger partial charge on any atom is 0.307 e. The highest BCUT2D eigenvalue weighted by Crippen LogP contribution is 2.17. The number of hydrogen-bond acceptors (Lipinski definition) is 3. The zero-order chi connectivity index (χ0) is 11.3. The van der Waals surface area contributed by atoms with Gasteiger partial charge in [0.2, 0.25) is 0 Å². The fourth-order valence-corrected chi connectivity index (χ4v) is 1.82. The van der Waals surface area contributed by atoms with Crippen molar-refractivity contribution in [2.45, 2.75) is 19.4 Å². The highest BCUT2D eigenvalue weighted by Gasteiger charge is 2.12. The molecule has 82 valence electrons. The lowest BCUT2D eigenvalue weighted by Gasteiger charge is -2.11. The molecule has 0 saturated carbocycles. The van der Waals surface area contributed by atoms with Crippen LogP contribution in [0.3, 0.4) is 0 Å². The molecule has 1 aromatic carbocycles. The molecule has 0 heterocycles. The van der Waals surface area contributed by atoms with Crippen LogP contribution in [0.5, 0.6) is 0 Å². The van der Waals surface area contributed by atoms with Gasteiger partial charge in [-0.1, -0.05) is 12.1 Å². The molecule has 3 nitrogen and oxygen atoms in total. The van der Waals surface area contributed by atoms with E-state index in [-0.39, 0.29) is 18.4 Å². The Bertz CT molecular complexity index is 341. The second-order valence-electron chi connectivity index (χ2n) is 3.17. The van der Waals surface area contributed by atoms with E-state index in [2.05, 4.69) is 22.6 Å². The van der Waals surface area contributed by atoms with E-state index in [1.807, 2.05) is 24.3 Å². The zero-order valence-electron chi connectivity index (χ0n) is 8.57. The highest BCUT2D eigenvalue weighted by atomic mass is 127. The maximum atomic E-state index is 11.2. The molecular formula is C11H14INO2. The summed E-state index contributed by atoms with van der Waals surface area (Å²) in [4.78, 5) is 11.2. The number of halogens is 1. The monoisotopic (exact) mass is 319 g/mol. The van der Waals surface area contributed by atoms with Gasteiger partial charge in [0, 0.05) is 9.61 Å². The first kappa shape index (κ1) is 12.4. The number of benzene rings is 1. The van der Waals surface area contributed by atoms with Gasteiger partial charge in [-0.25, -0.2) is 0 Å². The summed E-state index contributed by atoms with van der Waals surface area (Å²) < 4.78 is 5.96. The number of nitrogens with two attached hydrogens (primary N) is 1. The van der Waals surface area contributed by atoms with Gasteiger partial charge in [0.1, 0.15) is 0 Å². The fourth-order valence-electron chi connectivity index (χ4n) is 1.25. The molecule has 0 spiro atoms. The summed E-state index contributed by atoms with van der Waals surface area (Å²) in [5, 5.41) is 0. The molecule has 1 rings (SSSR count). The van der Waals surface area contributed by atoms with Crippen molar-refractivity contribution in [1.29, 1.82) is 0 Å². The van der Waals surface area contributed by atoms with Gasteiger partial charge in [0.25, 0.3) is 0 Å². The Morgan fingerprint density at radius 1 is 1.60 bits per heavy atom. The number of carbonyl (C=O) groups is 1. The molecule has 0 unspecified atom stereocenters. The lowest BCUT2D eigenvalue weighted by atomic mass is 10.1. The highest BCUT2D eigenvalue weighted by molar-refractivity contribution is 14.1. The SMILES string of the molecule is CCOC(=O)C[C@@H](N)c1cccc(I)c1. The second kappa shape index (κ2) is 6.07. The van der Waals surface area contributed by atoms with Crippen LogP contribution in [0.1, 0.15) is 24.9 Å². The molecule has 0 aliphatic carbocycles. The Balaban J connectivity index is 2.60. The van der Waals surface area contributed by atoms with Crippen molar-refractivity contribution in [3.63, 3.8) is 0 Å². The van der Waals surface area contributed by atoms with Crippen molar-refractivity contribution in [3.05, 3.63) is 33.4 Å². The minimum atomic E-state index is -0.279. The van der Waals surface area contributed by atoms with Crippen molar-refractivity contribution in [1.82, 2.24) is 0 Å². The summed E-state index contributed by atoms with van der Waals surface area (Å²) in [7, 11) is 0. The molecule has 2 N–H and O–H groups in total. The average Bonchev–Trinajstić information content (AvgIpc) is 2.18. The van der Waals surface area contributed by atoms with Gasteiger partial charge in [0.05, 0.1) is 13.0 Å². The third-order valence-corrected chi connectivity index (χ3v) is 2.64. The predicted molar refractivity (Wildman–Crippen MR) is 67.3 cm³/mol. The van der Waals surface area contributed by atoms with E-state index in [0.29, 0.717) is 6.61 Å². The molecule has 15 heavy (non-hydrogen) atoms. The number of esters is 1. The lowest BCUT2D eigenvalue weighted by molar-refractivity contribution is -0.143. The third kappa shape index (κ3) is 4.17. The Kier molecular flexibility index (Phi) is 5.04. The van der Waals surface area contributed by atoms with E-state index in [1.54, 1.807) is 6.92 Å². The summed E-state index contributed by atoms with van der Waals surface area (Å²) in [6.07, 6.45) is 0.230. The average molecular weight is 319 g/mol. The van der Waals surface area contributed by atoms with Gasteiger partial charge >= 0.3 is 5.97 Å². The molecule has 1 aromatic rings. The smallest absolute Gasteiger partial charge is 0.307 e. The van der Waals surface area contributed by atoms with Crippen molar-refractivity contribution >= 4 is 28.6 Å². The standard InChI is InChI=1S/C11H14INO2/c1-2-15-11(14)7-10(13)8-4-3-5-9(12)6-8/h3-6,10H,2,7,13H2,1H3/t10-/m1/s1. The largest absolute Gasteiger partial charge is 0.466 e. The van der Waals surface area contributed by atoms with E-state index in [0.717, 1.165) is 9.13 Å². The van der Waals surface area contributed by atoms with Crippen LogP contribution in [0.25, 0.3) is 0 Å². The Hall–Kier alpha value is -0.620. The maximum absolute atomic E-state index is 11.2. The van der Waals surface area contributed by atoms with Gasteiger partial charge < -0.3 is 10.5 Å². The quantitative estimate of drug-likeness (QED) is 0.684. The Morgan fingerprint density at radius 2 is 2.33 bits per heavy atom. The number of hydrogen-bond donors (Lipinski definition) is 1. The van der Waals surface area contributed by atoms with E-state index in [4.69, 9.17) is 10.5 Å². The van der Waals surface area contributed by atoms with Gasteiger partial charge in [-0.15, -0.1) is 0 Å². The molecule has 0 aromatic heterocycles. The van der Waals surface area contributed by atoms with Crippen molar-refractivity contribution in [2.75, 3.05) is 6.61 Å². The summed E-state index contributed by atoms with van der Waals surface area (Å²) in [6, 6.07) is 7.54. The minimum absolute atomic E-state index is 0.230. The molecule has 0 saturated heterocycles.